The van der Waals surface area contributed by atoms with Gasteiger partial charge in [0.15, 0.2) is 12.3 Å². The van der Waals surface area contributed by atoms with Gasteiger partial charge in [-0.05, 0) is 89.5 Å². The fraction of sp³-hybridized carbons (Fsp3) is 0.538. The maximum absolute atomic E-state index is 12.8. The van der Waals surface area contributed by atoms with E-state index in [1.807, 2.05) is 54.7 Å². The fourth-order valence-electron chi connectivity index (χ4n) is 6.54. The van der Waals surface area contributed by atoms with E-state index >= 15 is 0 Å². The van der Waals surface area contributed by atoms with Gasteiger partial charge in [-0.3, -0.25) is 23.2 Å². The normalized spacial score (nSPS) is 20.3. The van der Waals surface area contributed by atoms with Crippen LogP contribution >= 0.6 is 15.6 Å². The van der Waals surface area contributed by atoms with Gasteiger partial charge in [-0.15, -0.1) is 0 Å². The second-order valence-corrected chi connectivity index (χ2v) is 19.8. The van der Waals surface area contributed by atoms with Crippen LogP contribution < -0.4 is 11.4 Å². The Labute approximate surface area is 430 Å². The molecule has 1 saturated heterocycles. The third-order valence-corrected chi connectivity index (χ3v) is 13.0. The Balaban J connectivity index is 1.88. The average molecular weight is 1060 g/mol. The van der Waals surface area contributed by atoms with Crippen molar-refractivity contribution < 1.29 is 71.4 Å². The largest absolute Gasteiger partial charge is 0.481 e. The van der Waals surface area contributed by atoms with Crippen LogP contribution in [0.5, 0.6) is 0 Å². The molecule has 19 nitrogen and oxygen atoms in total. The first-order valence-electron chi connectivity index (χ1n) is 25.0. The number of phosphoric ester groups is 2. The highest BCUT2D eigenvalue weighted by Crippen LogP contribution is 2.60. The van der Waals surface area contributed by atoms with Crippen molar-refractivity contribution in [3.8, 4) is 0 Å². The van der Waals surface area contributed by atoms with Crippen LogP contribution in [0.3, 0.4) is 0 Å². The molecular weight excluding hydrogens is 985 g/mol. The Bertz CT molecular complexity index is 2170. The summed E-state index contributed by atoms with van der Waals surface area (Å²) in [5, 5.41) is 31.0. The molecule has 1 fully saturated rings. The molecule has 2 rings (SSSR count). The van der Waals surface area contributed by atoms with E-state index in [2.05, 4.69) is 65.7 Å². The number of allylic oxidation sites excluding steroid dienone is 16. The lowest BCUT2D eigenvalue weighted by molar-refractivity contribution is -0.161. The number of carbonyl (C=O) groups is 2. The molecule has 73 heavy (non-hydrogen) atoms. The molecule has 0 aliphatic carbocycles. The van der Waals surface area contributed by atoms with E-state index in [-0.39, 0.29) is 18.7 Å². The lowest BCUT2D eigenvalue weighted by atomic mass is 10.1. The van der Waals surface area contributed by atoms with Crippen molar-refractivity contribution >= 4 is 33.4 Å². The summed E-state index contributed by atoms with van der Waals surface area (Å²) in [6.45, 7) is 1.80. The molecule has 3 unspecified atom stereocenters. The van der Waals surface area contributed by atoms with Crippen LogP contribution in [0.15, 0.2) is 126 Å². The van der Waals surface area contributed by atoms with Gasteiger partial charge in [0.1, 0.15) is 30.7 Å². The summed E-state index contributed by atoms with van der Waals surface area (Å²) in [7, 11) is -10.9. The minimum atomic E-state index is -5.47. The lowest BCUT2D eigenvalue weighted by Crippen LogP contribution is -2.36. The Morgan fingerprint density at radius 1 is 0.740 bits per heavy atom. The third kappa shape index (κ3) is 31.7. The first-order valence-corrected chi connectivity index (χ1v) is 28.0. The molecule has 1 aromatic rings. The van der Waals surface area contributed by atoms with Gasteiger partial charge in [-0.1, -0.05) is 136 Å². The zero-order valence-electron chi connectivity index (χ0n) is 42.2. The number of nitrogens with zero attached hydrogens (tertiary/aromatic N) is 2. The fourth-order valence-corrected chi connectivity index (χ4v) is 8.65. The van der Waals surface area contributed by atoms with Crippen LogP contribution in [0.1, 0.15) is 129 Å². The van der Waals surface area contributed by atoms with Gasteiger partial charge < -0.3 is 45.1 Å². The number of unbranched alkanes of at least 4 members (excludes halogenated alkanes) is 5. The SMILES string of the molecule is CC/C=C\C/C=C\CC(O)/C=C/C=C\C/C=C\CCCC(=O)OC[C@H](COP(=O)(O)OP(=O)(O)OC[C@H]1O[C@@H](n2ccc(N)nc2=O)[C@H](O)[C@@H]1O)OC(=O)CCC/C=C\C/C=C\C/C=C\C/C=C\CCCCC. The Kier molecular flexibility index (Phi) is 34.4. The standard InChI is InChI=1S/C52H79N3O16P2/c1-3-5-7-9-11-12-13-14-15-16-17-18-19-20-25-29-33-37-48(58)69-44(40-66-47(57)36-32-28-24-22-21-23-27-31-35-43(56)34-30-26-10-8-6-4-2)41-67-72(62,63)71-73(64,65)68-42-45-49(59)50(60)51(70-45)55-39-38-46(53)54-52(55)61/h6,8,11-12,14-15,17-18,20,22-27,30-31,35,38-39,43-45,49-51,56,59-60H,3-5,7,9-10,13,16,19,21,28-29,32-34,36-37,40-42H2,1-2H3,(H,62,63)(H,64,65)(H2,53,54,61)/b8-6-,12-11-,15-14-,18-17-,24-22-,25-20-,27-23-,30-26-,35-31+/t43?,44-,45-,49-,50-,51-/m1/s1. The molecular formula is C52H79N3O16P2. The van der Waals surface area contributed by atoms with E-state index in [1.165, 1.54) is 25.3 Å². The van der Waals surface area contributed by atoms with Crippen LogP contribution in [-0.4, -0.2) is 96.9 Å². The molecule has 7 N–H and O–H groups in total. The summed E-state index contributed by atoms with van der Waals surface area (Å²) in [5.74, 6) is -1.49. The van der Waals surface area contributed by atoms with E-state index in [9.17, 15) is 48.6 Å². The molecule has 0 saturated carbocycles. The van der Waals surface area contributed by atoms with Crippen LogP contribution in [-0.2, 0) is 46.3 Å². The first-order chi connectivity index (χ1) is 35.1. The van der Waals surface area contributed by atoms with Crippen molar-refractivity contribution in [1.29, 1.82) is 0 Å². The zero-order chi connectivity index (χ0) is 53.6. The van der Waals surface area contributed by atoms with Crippen LogP contribution in [0.25, 0.3) is 0 Å². The Morgan fingerprint density at radius 2 is 1.30 bits per heavy atom. The van der Waals surface area contributed by atoms with E-state index in [0.29, 0.717) is 38.5 Å². The van der Waals surface area contributed by atoms with E-state index in [0.717, 1.165) is 49.3 Å². The summed E-state index contributed by atoms with van der Waals surface area (Å²) >= 11 is 0. The first kappa shape index (κ1) is 64.5. The van der Waals surface area contributed by atoms with Gasteiger partial charge in [-0.2, -0.15) is 9.29 Å². The Hall–Kier alpha value is -4.62. The number of hydrogen-bond donors (Lipinski definition) is 6. The van der Waals surface area contributed by atoms with Crippen molar-refractivity contribution in [2.45, 2.75) is 160 Å². The highest BCUT2D eigenvalue weighted by Gasteiger charge is 2.46. The zero-order valence-corrected chi connectivity index (χ0v) is 44.0. The van der Waals surface area contributed by atoms with Crippen LogP contribution in [0, 0.1) is 0 Å². The number of anilines is 1. The summed E-state index contributed by atoms with van der Waals surface area (Å²) in [6.07, 6.45) is 40.7. The molecule has 1 aromatic heterocycles. The predicted molar refractivity (Wildman–Crippen MR) is 280 cm³/mol. The molecule has 0 amide bonds. The van der Waals surface area contributed by atoms with Gasteiger partial charge in [0.05, 0.1) is 19.3 Å². The molecule has 0 aromatic carbocycles. The number of phosphoric acid groups is 2. The number of aromatic nitrogens is 2. The second-order valence-electron chi connectivity index (χ2n) is 16.8. The summed E-state index contributed by atoms with van der Waals surface area (Å²) in [6, 6.07) is 1.23. The number of hydrogen-bond acceptors (Lipinski definition) is 16. The van der Waals surface area contributed by atoms with Crippen molar-refractivity contribution in [2.75, 3.05) is 25.6 Å². The minimum absolute atomic E-state index is 0.00182. The van der Waals surface area contributed by atoms with Gasteiger partial charge in [-0.25, -0.2) is 13.9 Å². The highest BCUT2D eigenvalue weighted by molar-refractivity contribution is 7.61. The van der Waals surface area contributed by atoms with Crippen molar-refractivity contribution in [2.24, 2.45) is 0 Å². The number of rotatable bonds is 39. The maximum atomic E-state index is 12.8. The lowest BCUT2D eigenvalue weighted by Gasteiger charge is -2.21. The van der Waals surface area contributed by atoms with Gasteiger partial charge >= 0.3 is 33.3 Å². The number of esters is 2. The van der Waals surface area contributed by atoms with Crippen molar-refractivity contribution in [3.63, 3.8) is 0 Å². The number of carbonyl (C=O) groups excluding carboxylic acids is 2. The average Bonchev–Trinajstić information content (AvgIpc) is 3.62. The topological polar surface area (TPSA) is 286 Å². The second kappa shape index (κ2) is 38.9. The number of ether oxygens (including phenoxy) is 3. The Morgan fingerprint density at radius 3 is 1.92 bits per heavy atom. The van der Waals surface area contributed by atoms with Gasteiger partial charge in [0, 0.05) is 19.0 Å². The van der Waals surface area contributed by atoms with Crippen molar-refractivity contribution in [1.82, 2.24) is 9.55 Å². The number of aliphatic hydroxyl groups excluding tert-OH is 3. The molecule has 8 atom stereocenters. The number of aliphatic hydroxyl groups is 3. The summed E-state index contributed by atoms with van der Waals surface area (Å²) < 4.78 is 56.6. The molecule has 21 heteroatoms. The van der Waals surface area contributed by atoms with E-state index in [4.69, 9.17) is 29.0 Å². The molecule has 0 bridgehead atoms. The van der Waals surface area contributed by atoms with E-state index < -0.39 is 89.8 Å². The molecule has 2 heterocycles. The molecule has 1 aliphatic heterocycles. The molecule has 0 spiro atoms. The van der Waals surface area contributed by atoms with E-state index in [1.54, 1.807) is 12.2 Å². The smallest absolute Gasteiger partial charge is 0.462 e. The molecule has 0 radical (unpaired) electrons. The summed E-state index contributed by atoms with van der Waals surface area (Å²) in [5.41, 5.74) is 4.57. The molecule has 1 aliphatic rings. The molecule has 408 valence electrons. The quantitative estimate of drug-likeness (QED) is 0.0118. The third-order valence-electron chi connectivity index (χ3n) is 10.4. The maximum Gasteiger partial charge on any atom is 0.481 e. The van der Waals surface area contributed by atoms with Gasteiger partial charge in [0.25, 0.3) is 0 Å². The number of nitrogens with two attached hydrogens (primary N) is 1. The highest BCUT2D eigenvalue weighted by atomic mass is 31.3. The van der Waals surface area contributed by atoms with Gasteiger partial charge in [0.2, 0.25) is 0 Å². The number of nitrogen functional groups attached to an aromatic ring is 1. The monoisotopic (exact) mass is 1060 g/mol. The minimum Gasteiger partial charge on any atom is -0.462 e. The predicted octanol–water partition coefficient (Wildman–Crippen LogP) is 9.19. The summed E-state index contributed by atoms with van der Waals surface area (Å²) in [4.78, 5) is 61.8. The van der Waals surface area contributed by atoms with Crippen LogP contribution in [0.2, 0.25) is 0 Å². The van der Waals surface area contributed by atoms with Crippen molar-refractivity contribution in [3.05, 3.63) is 132 Å². The van der Waals surface area contributed by atoms with Crippen LogP contribution in [0.4, 0.5) is 5.82 Å².